The maximum atomic E-state index is 12.3. The normalized spacial score (nSPS) is 10.9. The molecule has 0 unspecified atom stereocenters. The van der Waals surface area contributed by atoms with Gasteiger partial charge in [0.05, 0.1) is 23.2 Å². The summed E-state index contributed by atoms with van der Waals surface area (Å²) in [7, 11) is 1.32. The molecule has 3 aromatic heterocycles. The molecular weight excluding hydrogens is 396 g/mol. The lowest BCUT2D eigenvalue weighted by Crippen LogP contribution is -2.26. The molecule has 3 heterocycles. The average molecular weight is 412 g/mol. The molecule has 0 aliphatic rings. The van der Waals surface area contributed by atoms with Crippen molar-refractivity contribution in [2.24, 2.45) is 0 Å². The summed E-state index contributed by atoms with van der Waals surface area (Å²) in [6, 6.07) is 10.3. The molecule has 1 amide bonds. The van der Waals surface area contributed by atoms with E-state index in [1.54, 1.807) is 35.6 Å². The van der Waals surface area contributed by atoms with E-state index in [0.29, 0.717) is 24.1 Å². The molecule has 0 spiro atoms. The first-order valence-electron chi connectivity index (χ1n) is 8.49. The van der Waals surface area contributed by atoms with Crippen molar-refractivity contribution in [3.05, 3.63) is 64.0 Å². The molecule has 1 N–H and O–H groups in total. The topological polar surface area (TPSA) is 85.6 Å². The predicted molar refractivity (Wildman–Crippen MR) is 108 cm³/mol. The number of esters is 1. The first-order valence-corrected chi connectivity index (χ1v) is 10.3. The molecule has 0 saturated carbocycles. The number of hydrogen-bond donors (Lipinski definition) is 1. The van der Waals surface area contributed by atoms with Gasteiger partial charge in [0.25, 0.3) is 5.91 Å². The second kappa shape index (κ2) is 7.91. The minimum Gasteiger partial charge on any atom is -0.465 e. The number of carbonyl (C=O) groups is 2. The third-order valence-corrected chi connectivity index (χ3v) is 5.86. The highest BCUT2D eigenvalue weighted by atomic mass is 32.1. The Labute approximate surface area is 168 Å². The lowest BCUT2D eigenvalue weighted by atomic mass is 10.1. The summed E-state index contributed by atoms with van der Waals surface area (Å²) in [5.41, 5.74) is 1.90. The lowest BCUT2D eigenvalue weighted by molar-refractivity contribution is 0.0600. The van der Waals surface area contributed by atoms with E-state index in [1.807, 2.05) is 27.4 Å². The molecule has 0 atom stereocenters. The number of nitrogens with one attached hydrogen (secondary N) is 1. The van der Waals surface area contributed by atoms with Crippen LogP contribution in [0.2, 0.25) is 0 Å². The first-order chi connectivity index (χ1) is 13.7. The van der Waals surface area contributed by atoms with Gasteiger partial charge in [0.2, 0.25) is 4.96 Å². The molecule has 9 heteroatoms. The van der Waals surface area contributed by atoms with E-state index >= 15 is 0 Å². The minimum atomic E-state index is -0.428. The molecule has 0 saturated heterocycles. The molecule has 0 bridgehead atoms. The number of rotatable bonds is 6. The predicted octanol–water partition coefficient (Wildman–Crippen LogP) is 3.28. The lowest BCUT2D eigenvalue weighted by Gasteiger charge is -2.05. The van der Waals surface area contributed by atoms with Crippen molar-refractivity contribution in [3.8, 4) is 10.7 Å². The number of thiophene rings is 1. The zero-order chi connectivity index (χ0) is 19.5. The number of aromatic nitrogens is 3. The summed E-state index contributed by atoms with van der Waals surface area (Å²) < 4.78 is 6.48. The van der Waals surface area contributed by atoms with Crippen LogP contribution < -0.4 is 5.32 Å². The van der Waals surface area contributed by atoms with Crippen LogP contribution in [-0.4, -0.2) is 40.1 Å². The van der Waals surface area contributed by atoms with Crippen LogP contribution in [-0.2, 0) is 11.2 Å². The van der Waals surface area contributed by atoms with Crippen molar-refractivity contribution >= 4 is 39.5 Å². The second-order valence-corrected chi connectivity index (χ2v) is 7.69. The van der Waals surface area contributed by atoms with Crippen LogP contribution >= 0.6 is 22.7 Å². The molecule has 7 nitrogen and oxygen atoms in total. The largest absolute Gasteiger partial charge is 0.465 e. The minimum absolute atomic E-state index is 0.194. The number of fused-ring (bicyclic) bond motifs is 1. The molecule has 0 aliphatic heterocycles. The number of nitrogens with zero attached hydrogens (tertiary/aromatic N) is 3. The van der Waals surface area contributed by atoms with E-state index in [-0.39, 0.29) is 5.91 Å². The van der Waals surface area contributed by atoms with Gasteiger partial charge in [0.1, 0.15) is 0 Å². The Morgan fingerprint density at radius 1 is 1.14 bits per heavy atom. The van der Waals surface area contributed by atoms with Gasteiger partial charge in [-0.3, -0.25) is 4.79 Å². The zero-order valence-electron chi connectivity index (χ0n) is 14.9. The van der Waals surface area contributed by atoms with Gasteiger partial charge in [0.15, 0.2) is 5.82 Å². The third kappa shape index (κ3) is 3.67. The number of methoxy groups -OCH3 is 1. The van der Waals surface area contributed by atoms with Crippen molar-refractivity contribution < 1.29 is 14.3 Å². The maximum Gasteiger partial charge on any atom is 0.337 e. The Bertz CT molecular complexity index is 1110. The molecule has 142 valence electrons. The Morgan fingerprint density at radius 2 is 1.93 bits per heavy atom. The fourth-order valence-electron chi connectivity index (χ4n) is 2.69. The first kappa shape index (κ1) is 18.3. The van der Waals surface area contributed by atoms with Gasteiger partial charge < -0.3 is 10.1 Å². The summed E-state index contributed by atoms with van der Waals surface area (Å²) in [6.07, 6.45) is 0.638. The quantitative estimate of drug-likeness (QED) is 0.491. The highest BCUT2D eigenvalue weighted by molar-refractivity contribution is 7.15. The van der Waals surface area contributed by atoms with Gasteiger partial charge in [-0.1, -0.05) is 6.07 Å². The van der Waals surface area contributed by atoms with Crippen LogP contribution in [0.3, 0.4) is 0 Å². The van der Waals surface area contributed by atoms with Gasteiger partial charge in [-0.15, -0.1) is 27.8 Å². The Hall–Kier alpha value is -3.04. The van der Waals surface area contributed by atoms with Crippen molar-refractivity contribution in [2.45, 2.75) is 6.42 Å². The van der Waals surface area contributed by atoms with Crippen LogP contribution in [0, 0.1) is 0 Å². The summed E-state index contributed by atoms with van der Waals surface area (Å²) in [6.45, 7) is 0.470. The van der Waals surface area contributed by atoms with E-state index < -0.39 is 5.97 Å². The maximum absolute atomic E-state index is 12.3. The summed E-state index contributed by atoms with van der Waals surface area (Å²) in [4.78, 5) is 30.2. The van der Waals surface area contributed by atoms with Gasteiger partial charge in [-0.25, -0.2) is 9.31 Å². The van der Waals surface area contributed by atoms with Crippen molar-refractivity contribution in [1.82, 2.24) is 19.9 Å². The van der Waals surface area contributed by atoms with Crippen LogP contribution in [0.5, 0.6) is 0 Å². The van der Waals surface area contributed by atoms with Gasteiger partial charge >= 0.3 is 5.97 Å². The summed E-state index contributed by atoms with van der Waals surface area (Å²) in [5.74, 6) is 0.0989. The van der Waals surface area contributed by atoms with E-state index in [9.17, 15) is 9.59 Å². The summed E-state index contributed by atoms with van der Waals surface area (Å²) in [5, 5.41) is 11.5. The van der Waals surface area contributed by atoms with Crippen LogP contribution in [0.25, 0.3) is 15.7 Å². The number of benzene rings is 1. The second-order valence-electron chi connectivity index (χ2n) is 5.91. The van der Waals surface area contributed by atoms with Crippen molar-refractivity contribution in [1.29, 1.82) is 0 Å². The highest BCUT2D eigenvalue weighted by Gasteiger charge is 2.13. The fraction of sp³-hybridized carbons (Fsp3) is 0.158. The van der Waals surface area contributed by atoms with E-state index in [0.717, 1.165) is 21.4 Å². The van der Waals surface area contributed by atoms with E-state index in [4.69, 9.17) is 0 Å². The smallest absolute Gasteiger partial charge is 0.337 e. The fourth-order valence-corrected chi connectivity index (χ4v) is 4.20. The SMILES string of the molecule is COC(=O)c1ccc(C(=O)NCCc2csc3nc(-c4cccs4)nn23)cc1. The van der Waals surface area contributed by atoms with E-state index in [2.05, 4.69) is 20.1 Å². The molecule has 1 aromatic carbocycles. The van der Waals surface area contributed by atoms with Crippen LogP contribution in [0.4, 0.5) is 0 Å². The Kier molecular flexibility index (Phi) is 5.18. The number of ether oxygens (including phenoxy) is 1. The molecule has 28 heavy (non-hydrogen) atoms. The molecule has 0 fully saturated rings. The zero-order valence-corrected chi connectivity index (χ0v) is 16.5. The van der Waals surface area contributed by atoms with Crippen molar-refractivity contribution in [3.63, 3.8) is 0 Å². The van der Waals surface area contributed by atoms with Crippen LogP contribution in [0.1, 0.15) is 26.4 Å². The Morgan fingerprint density at radius 3 is 2.64 bits per heavy atom. The number of hydrogen-bond acceptors (Lipinski definition) is 7. The van der Waals surface area contributed by atoms with Crippen LogP contribution in [0.15, 0.2) is 47.2 Å². The third-order valence-electron chi connectivity index (χ3n) is 4.13. The van der Waals surface area contributed by atoms with Crippen molar-refractivity contribution in [2.75, 3.05) is 13.7 Å². The van der Waals surface area contributed by atoms with Gasteiger partial charge in [-0.2, -0.15) is 4.98 Å². The molecule has 0 aliphatic carbocycles. The molecule has 4 rings (SSSR count). The number of amides is 1. The molecular formula is C19H16N4O3S2. The molecule has 4 aromatic rings. The Balaban J connectivity index is 1.38. The molecule has 0 radical (unpaired) electrons. The van der Waals surface area contributed by atoms with Gasteiger partial charge in [0, 0.05) is 23.9 Å². The number of carbonyl (C=O) groups excluding carboxylic acids is 2. The number of thiazole rings is 1. The monoisotopic (exact) mass is 412 g/mol. The van der Waals surface area contributed by atoms with E-state index in [1.165, 1.54) is 18.4 Å². The standard InChI is InChI=1S/C19H16N4O3S2/c1-26-18(25)13-6-4-12(5-7-13)17(24)20-9-8-14-11-28-19-21-16(22-23(14)19)15-3-2-10-27-15/h2-7,10-11H,8-9H2,1H3,(H,20,24). The highest BCUT2D eigenvalue weighted by Crippen LogP contribution is 2.24. The van der Waals surface area contributed by atoms with Gasteiger partial charge in [-0.05, 0) is 35.7 Å². The summed E-state index contributed by atoms with van der Waals surface area (Å²) >= 11 is 3.14. The average Bonchev–Trinajstić information content (AvgIpc) is 3.45.